The zero-order valence-corrected chi connectivity index (χ0v) is 11.0. The number of rotatable bonds is 3. The lowest BCUT2D eigenvalue weighted by molar-refractivity contribution is 0.243. The first kappa shape index (κ1) is 12.0. The minimum Gasteiger partial charge on any atom is -0.491 e. The van der Waals surface area contributed by atoms with E-state index in [1.54, 1.807) is 0 Å². The van der Waals surface area contributed by atoms with E-state index in [0.29, 0.717) is 5.92 Å². The Morgan fingerprint density at radius 3 is 2.35 bits per heavy atom. The van der Waals surface area contributed by atoms with Crippen molar-refractivity contribution in [2.75, 3.05) is 0 Å². The minimum absolute atomic E-state index is 0.221. The molecule has 0 fully saturated rings. The van der Waals surface area contributed by atoms with Crippen LogP contribution in [0.15, 0.2) is 36.4 Å². The first-order chi connectivity index (χ1) is 8.08. The lowest BCUT2D eigenvalue weighted by atomic mass is 9.96. The molecule has 0 heterocycles. The molecule has 0 saturated carbocycles. The molecule has 0 aliphatic rings. The summed E-state index contributed by atoms with van der Waals surface area (Å²) in [7, 11) is 0. The summed E-state index contributed by atoms with van der Waals surface area (Å²) in [6, 6.07) is 12.8. The topological polar surface area (TPSA) is 9.23 Å². The summed E-state index contributed by atoms with van der Waals surface area (Å²) in [5, 5.41) is 2.59. The van der Waals surface area contributed by atoms with Crippen LogP contribution in [0.2, 0.25) is 0 Å². The van der Waals surface area contributed by atoms with Crippen LogP contribution in [-0.4, -0.2) is 6.10 Å². The molecule has 0 bridgehead atoms. The Bertz CT molecular complexity index is 512. The van der Waals surface area contributed by atoms with Gasteiger partial charge in [-0.15, -0.1) is 0 Å². The number of hydrogen-bond donors (Lipinski definition) is 0. The van der Waals surface area contributed by atoms with Crippen molar-refractivity contribution >= 4 is 10.8 Å². The molecule has 1 nitrogen and oxygen atoms in total. The molecule has 0 spiro atoms. The highest BCUT2D eigenvalue weighted by atomic mass is 16.5. The molecule has 2 aromatic carbocycles. The van der Waals surface area contributed by atoms with Crippen LogP contribution >= 0.6 is 0 Å². The summed E-state index contributed by atoms with van der Waals surface area (Å²) in [6.07, 6.45) is 0.221. The van der Waals surface area contributed by atoms with Crippen LogP contribution in [0.5, 0.6) is 5.75 Å². The zero-order valence-electron chi connectivity index (χ0n) is 11.0. The molecule has 0 aromatic heterocycles. The fourth-order valence-electron chi connectivity index (χ4n) is 2.12. The lowest BCUT2D eigenvalue weighted by Gasteiger charge is -2.13. The van der Waals surface area contributed by atoms with Gasteiger partial charge in [0.1, 0.15) is 5.75 Å². The molecule has 90 valence electrons. The van der Waals surface area contributed by atoms with Crippen molar-refractivity contribution in [1.29, 1.82) is 0 Å². The Morgan fingerprint density at radius 1 is 0.941 bits per heavy atom. The van der Waals surface area contributed by atoms with Crippen molar-refractivity contribution in [3.8, 4) is 5.75 Å². The van der Waals surface area contributed by atoms with Crippen molar-refractivity contribution in [2.24, 2.45) is 0 Å². The van der Waals surface area contributed by atoms with Gasteiger partial charge in [0.15, 0.2) is 0 Å². The molecule has 0 aliphatic heterocycles. The third-order valence-electron chi connectivity index (χ3n) is 2.88. The van der Waals surface area contributed by atoms with Gasteiger partial charge < -0.3 is 4.74 Å². The lowest BCUT2D eigenvalue weighted by Crippen LogP contribution is -2.05. The van der Waals surface area contributed by atoms with Crippen LogP contribution < -0.4 is 4.74 Å². The molecule has 2 aromatic rings. The molecule has 0 atom stereocenters. The van der Waals surface area contributed by atoms with Crippen molar-refractivity contribution in [2.45, 2.75) is 39.7 Å². The predicted octanol–water partition coefficient (Wildman–Crippen LogP) is 4.75. The molecular weight excluding hydrogens is 208 g/mol. The summed E-state index contributed by atoms with van der Waals surface area (Å²) in [5.74, 6) is 1.49. The second-order valence-corrected chi connectivity index (χ2v) is 5.05. The van der Waals surface area contributed by atoms with Gasteiger partial charge in [-0.3, -0.25) is 0 Å². The average Bonchev–Trinajstić information content (AvgIpc) is 2.27. The first-order valence-electron chi connectivity index (χ1n) is 6.27. The van der Waals surface area contributed by atoms with E-state index < -0.39 is 0 Å². The number of benzene rings is 2. The van der Waals surface area contributed by atoms with E-state index in [2.05, 4.69) is 58.0 Å². The summed E-state index contributed by atoms with van der Waals surface area (Å²) in [4.78, 5) is 0. The van der Waals surface area contributed by atoms with Gasteiger partial charge >= 0.3 is 0 Å². The van der Waals surface area contributed by atoms with Gasteiger partial charge in [-0.25, -0.2) is 0 Å². The van der Waals surface area contributed by atoms with Crippen LogP contribution in [-0.2, 0) is 0 Å². The van der Waals surface area contributed by atoms with Gasteiger partial charge in [0.2, 0.25) is 0 Å². The Labute approximate surface area is 103 Å². The summed E-state index contributed by atoms with van der Waals surface area (Å²) >= 11 is 0. The zero-order chi connectivity index (χ0) is 12.4. The van der Waals surface area contributed by atoms with Gasteiger partial charge in [-0.05, 0) is 48.2 Å². The monoisotopic (exact) mass is 228 g/mol. The SMILES string of the molecule is CC(C)Oc1ccc2cccc(C(C)C)c2c1. The Kier molecular flexibility index (Phi) is 3.37. The second-order valence-electron chi connectivity index (χ2n) is 5.05. The largest absolute Gasteiger partial charge is 0.491 e. The molecule has 0 unspecified atom stereocenters. The van der Waals surface area contributed by atoms with Crippen LogP contribution in [0, 0.1) is 0 Å². The third-order valence-corrected chi connectivity index (χ3v) is 2.88. The third kappa shape index (κ3) is 2.60. The van der Waals surface area contributed by atoms with E-state index in [1.165, 1.54) is 16.3 Å². The maximum absolute atomic E-state index is 5.76. The van der Waals surface area contributed by atoms with E-state index in [4.69, 9.17) is 4.74 Å². The van der Waals surface area contributed by atoms with Gasteiger partial charge in [-0.1, -0.05) is 38.1 Å². The smallest absolute Gasteiger partial charge is 0.120 e. The Morgan fingerprint density at radius 2 is 1.71 bits per heavy atom. The highest BCUT2D eigenvalue weighted by molar-refractivity contribution is 5.87. The molecule has 0 saturated heterocycles. The van der Waals surface area contributed by atoms with E-state index in [0.717, 1.165) is 5.75 Å². The van der Waals surface area contributed by atoms with Gasteiger partial charge in [0.25, 0.3) is 0 Å². The fourth-order valence-corrected chi connectivity index (χ4v) is 2.12. The van der Waals surface area contributed by atoms with Crippen LogP contribution in [0.25, 0.3) is 10.8 Å². The van der Waals surface area contributed by atoms with E-state index in [-0.39, 0.29) is 6.10 Å². The van der Waals surface area contributed by atoms with Crippen LogP contribution in [0.3, 0.4) is 0 Å². The van der Waals surface area contributed by atoms with E-state index in [9.17, 15) is 0 Å². The number of hydrogen-bond acceptors (Lipinski definition) is 1. The van der Waals surface area contributed by atoms with Crippen molar-refractivity contribution in [1.82, 2.24) is 0 Å². The summed E-state index contributed by atoms with van der Waals surface area (Å²) < 4.78 is 5.76. The first-order valence-corrected chi connectivity index (χ1v) is 6.27. The number of ether oxygens (including phenoxy) is 1. The normalized spacial score (nSPS) is 11.4. The van der Waals surface area contributed by atoms with Gasteiger partial charge in [-0.2, -0.15) is 0 Å². The fraction of sp³-hybridized carbons (Fsp3) is 0.375. The van der Waals surface area contributed by atoms with E-state index in [1.807, 2.05) is 6.07 Å². The molecule has 2 rings (SSSR count). The maximum atomic E-state index is 5.76. The standard InChI is InChI=1S/C16H20O/c1-11(2)15-7-5-6-13-8-9-14(10-16(13)15)17-12(3)4/h5-12H,1-4H3. The van der Waals surface area contributed by atoms with Crippen LogP contribution in [0.4, 0.5) is 0 Å². The minimum atomic E-state index is 0.221. The quantitative estimate of drug-likeness (QED) is 0.736. The molecule has 0 amide bonds. The molecule has 0 aliphatic carbocycles. The molecule has 17 heavy (non-hydrogen) atoms. The second kappa shape index (κ2) is 4.79. The Balaban J connectivity index is 2.53. The molecular formula is C16H20O. The maximum Gasteiger partial charge on any atom is 0.120 e. The molecule has 0 radical (unpaired) electrons. The highest BCUT2D eigenvalue weighted by Gasteiger charge is 2.06. The predicted molar refractivity (Wildman–Crippen MR) is 73.8 cm³/mol. The van der Waals surface area contributed by atoms with Crippen molar-refractivity contribution in [3.05, 3.63) is 42.0 Å². The van der Waals surface area contributed by atoms with E-state index >= 15 is 0 Å². The molecule has 0 N–H and O–H groups in total. The van der Waals surface area contributed by atoms with Crippen molar-refractivity contribution in [3.63, 3.8) is 0 Å². The van der Waals surface area contributed by atoms with Crippen LogP contribution in [0.1, 0.15) is 39.2 Å². The summed E-state index contributed by atoms with van der Waals surface area (Å²) in [5.41, 5.74) is 1.39. The highest BCUT2D eigenvalue weighted by Crippen LogP contribution is 2.28. The van der Waals surface area contributed by atoms with Gasteiger partial charge in [0, 0.05) is 0 Å². The average molecular weight is 228 g/mol. The van der Waals surface area contributed by atoms with Gasteiger partial charge in [0.05, 0.1) is 6.10 Å². The number of fused-ring (bicyclic) bond motifs is 1. The molecule has 1 heteroatoms. The summed E-state index contributed by atoms with van der Waals surface area (Å²) in [6.45, 7) is 8.56. The van der Waals surface area contributed by atoms with Crippen molar-refractivity contribution < 1.29 is 4.74 Å². The Hall–Kier alpha value is -1.50.